The molecule has 1 heteroatoms. The molecule has 1 heterocycles. The number of nitrogens with zero attached hydrogens (tertiary/aromatic N) is 1. The lowest BCUT2D eigenvalue weighted by Gasteiger charge is -2.36. The van der Waals surface area contributed by atoms with Gasteiger partial charge in [-0.05, 0) is 56.6 Å². The number of benzene rings is 1. The van der Waals surface area contributed by atoms with Gasteiger partial charge >= 0.3 is 0 Å². The van der Waals surface area contributed by atoms with E-state index in [4.69, 9.17) is 0 Å². The van der Waals surface area contributed by atoms with Crippen LogP contribution in [0.15, 0.2) is 30.3 Å². The normalized spacial score (nSPS) is 25.2. The number of hydrogen-bond acceptors (Lipinski definition) is 1. The van der Waals surface area contributed by atoms with Crippen LogP contribution in [0.5, 0.6) is 0 Å². The van der Waals surface area contributed by atoms with Crippen molar-refractivity contribution >= 4 is 0 Å². The van der Waals surface area contributed by atoms with Gasteiger partial charge in [0.1, 0.15) is 0 Å². The molecule has 1 aliphatic carbocycles. The molecule has 0 N–H and O–H groups in total. The molecule has 1 aromatic rings. The smallest absolute Gasteiger partial charge is 0.0101 e. The second kappa shape index (κ2) is 5.88. The number of hydrogen-bond donors (Lipinski definition) is 0. The highest BCUT2D eigenvalue weighted by molar-refractivity contribution is 5.22. The predicted molar refractivity (Wildman–Crippen MR) is 76.4 cm³/mol. The van der Waals surface area contributed by atoms with E-state index in [9.17, 15) is 0 Å². The van der Waals surface area contributed by atoms with Crippen molar-refractivity contribution in [2.24, 2.45) is 5.92 Å². The molecule has 1 aromatic carbocycles. The molecule has 0 spiro atoms. The van der Waals surface area contributed by atoms with E-state index in [-0.39, 0.29) is 0 Å². The van der Waals surface area contributed by atoms with Gasteiger partial charge in [-0.15, -0.1) is 0 Å². The van der Waals surface area contributed by atoms with Crippen LogP contribution >= 0.6 is 0 Å². The summed E-state index contributed by atoms with van der Waals surface area (Å²) in [5.74, 6) is 1.03. The Labute approximate surface area is 111 Å². The van der Waals surface area contributed by atoms with E-state index in [1.54, 1.807) is 0 Å². The van der Waals surface area contributed by atoms with Crippen molar-refractivity contribution in [2.45, 2.75) is 44.6 Å². The first-order valence-corrected chi connectivity index (χ1v) is 7.54. The van der Waals surface area contributed by atoms with Gasteiger partial charge in [-0.2, -0.15) is 0 Å². The lowest BCUT2D eigenvalue weighted by atomic mass is 9.95. The lowest BCUT2D eigenvalue weighted by Crippen LogP contribution is -2.40. The maximum absolute atomic E-state index is 2.76. The van der Waals surface area contributed by atoms with Crippen molar-refractivity contribution in [1.82, 2.24) is 4.90 Å². The van der Waals surface area contributed by atoms with E-state index < -0.39 is 0 Å². The summed E-state index contributed by atoms with van der Waals surface area (Å²) in [6.07, 6.45) is 10.9. The van der Waals surface area contributed by atoms with Gasteiger partial charge in [0, 0.05) is 12.6 Å². The Balaban J connectivity index is 1.52. The zero-order valence-electron chi connectivity index (χ0n) is 11.2. The van der Waals surface area contributed by atoms with Gasteiger partial charge in [0.15, 0.2) is 0 Å². The van der Waals surface area contributed by atoms with Crippen LogP contribution < -0.4 is 0 Å². The van der Waals surface area contributed by atoms with Gasteiger partial charge < -0.3 is 4.90 Å². The largest absolute Gasteiger partial charge is 0.300 e. The van der Waals surface area contributed by atoms with E-state index in [1.165, 1.54) is 57.2 Å². The second-order valence-electron chi connectivity index (χ2n) is 5.94. The third-order valence-electron chi connectivity index (χ3n) is 4.36. The first-order valence-electron chi connectivity index (χ1n) is 7.54. The van der Waals surface area contributed by atoms with E-state index >= 15 is 0 Å². The molecule has 1 nitrogen and oxygen atoms in total. The molecule has 1 saturated carbocycles. The van der Waals surface area contributed by atoms with Crippen LogP contribution in [0.1, 0.15) is 44.1 Å². The minimum absolute atomic E-state index is 0.805. The van der Waals surface area contributed by atoms with E-state index in [2.05, 4.69) is 41.7 Å². The van der Waals surface area contributed by atoms with Crippen LogP contribution in [0.3, 0.4) is 0 Å². The highest BCUT2D eigenvalue weighted by Gasteiger charge is 2.29. The fourth-order valence-electron chi connectivity index (χ4n) is 3.06. The molecule has 2 aliphatic rings. The highest BCUT2D eigenvalue weighted by atomic mass is 15.2. The second-order valence-corrected chi connectivity index (χ2v) is 5.94. The summed E-state index contributed by atoms with van der Waals surface area (Å²) < 4.78 is 0. The number of likely N-dealkylation sites (tertiary alicyclic amines) is 1. The van der Waals surface area contributed by atoms with E-state index in [0.717, 1.165) is 12.0 Å². The Morgan fingerprint density at radius 3 is 2.67 bits per heavy atom. The van der Waals surface area contributed by atoms with Crippen molar-refractivity contribution < 1.29 is 0 Å². The van der Waals surface area contributed by atoms with Crippen LogP contribution in [-0.2, 0) is 0 Å². The van der Waals surface area contributed by atoms with Crippen molar-refractivity contribution in [3.8, 4) is 0 Å². The summed E-state index contributed by atoms with van der Waals surface area (Å²) in [6.45, 7) is 2.71. The van der Waals surface area contributed by atoms with Crippen molar-refractivity contribution in [1.29, 1.82) is 0 Å². The fourth-order valence-corrected chi connectivity index (χ4v) is 3.06. The van der Waals surface area contributed by atoms with Crippen molar-refractivity contribution in [2.75, 3.05) is 13.1 Å². The lowest BCUT2D eigenvalue weighted by molar-refractivity contribution is 0.141. The predicted octanol–water partition coefficient (Wildman–Crippen LogP) is 3.89. The highest BCUT2D eigenvalue weighted by Crippen LogP contribution is 2.32. The summed E-state index contributed by atoms with van der Waals surface area (Å²) in [6, 6.07) is 11.6. The minimum Gasteiger partial charge on any atom is -0.300 e. The Kier molecular flexibility index (Phi) is 3.99. The Morgan fingerprint density at radius 1 is 1.06 bits per heavy atom. The van der Waals surface area contributed by atoms with Crippen LogP contribution in [0.4, 0.5) is 0 Å². The standard InChI is InChI=1S/C17H24N/c1-2-6-15(7-3-1)11-12-17-8-4-5-13-18(17)14-16-9-10-16/h1-3,6-7,11,16-17H,4-5,8-10,12-14H2. The molecule has 1 radical (unpaired) electrons. The molecular weight excluding hydrogens is 218 g/mol. The maximum atomic E-state index is 2.76. The van der Waals surface area contributed by atoms with E-state index in [0.29, 0.717) is 0 Å². The quantitative estimate of drug-likeness (QED) is 0.757. The topological polar surface area (TPSA) is 3.24 Å². The van der Waals surface area contributed by atoms with Crippen LogP contribution in [0, 0.1) is 12.3 Å². The van der Waals surface area contributed by atoms with Gasteiger partial charge in [-0.3, -0.25) is 0 Å². The van der Waals surface area contributed by atoms with Gasteiger partial charge in [0.2, 0.25) is 0 Å². The van der Waals surface area contributed by atoms with Crippen molar-refractivity contribution in [3.05, 3.63) is 42.3 Å². The Hall–Kier alpha value is -0.820. The average Bonchev–Trinajstić information content (AvgIpc) is 3.23. The zero-order valence-corrected chi connectivity index (χ0v) is 11.2. The molecule has 1 unspecified atom stereocenters. The SMILES string of the molecule is [CH](CC1CCCCN1CC1CC1)c1ccccc1. The molecule has 2 fully saturated rings. The molecule has 0 aromatic heterocycles. The minimum atomic E-state index is 0.805. The van der Waals surface area contributed by atoms with Crippen molar-refractivity contribution in [3.63, 3.8) is 0 Å². The number of piperidine rings is 1. The van der Waals surface area contributed by atoms with Gasteiger partial charge in [0.05, 0.1) is 0 Å². The molecule has 3 rings (SSSR count). The Morgan fingerprint density at radius 2 is 1.89 bits per heavy atom. The molecule has 0 bridgehead atoms. The molecule has 97 valence electrons. The summed E-state index contributed by atoms with van der Waals surface area (Å²) in [5, 5.41) is 0. The van der Waals surface area contributed by atoms with Gasteiger partial charge in [-0.25, -0.2) is 0 Å². The molecular formula is C17H24N. The average molecular weight is 242 g/mol. The van der Waals surface area contributed by atoms with Gasteiger partial charge in [0.25, 0.3) is 0 Å². The molecule has 1 aliphatic heterocycles. The van der Waals surface area contributed by atoms with E-state index in [1.807, 2.05) is 0 Å². The summed E-state index contributed by atoms with van der Waals surface area (Å²) in [7, 11) is 0. The summed E-state index contributed by atoms with van der Waals surface area (Å²) in [4.78, 5) is 2.76. The monoisotopic (exact) mass is 242 g/mol. The molecule has 18 heavy (non-hydrogen) atoms. The van der Waals surface area contributed by atoms with Crippen LogP contribution in [0.25, 0.3) is 0 Å². The Bertz CT molecular complexity index is 355. The first kappa shape index (κ1) is 12.2. The zero-order chi connectivity index (χ0) is 12.2. The maximum Gasteiger partial charge on any atom is 0.0101 e. The third kappa shape index (κ3) is 3.35. The fraction of sp³-hybridized carbons (Fsp3) is 0.588. The molecule has 1 saturated heterocycles. The van der Waals surface area contributed by atoms with Crippen LogP contribution in [-0.4, -0.2) is 24.0 Å². The molecule has 0 amide bonds. The number of rotatable bonds is 5. The third-order valence-corrected chi connectivity index (χ3v) is 4.36. The summed E-state index contributed by atoms with van der Waals surface area (Å²) in [5.41, 5.74) is 1.38. The first-order chi connectivity index (χ1) is 8.92. The summed E-state index contributed by atoms with van der Waals surface area (Å²) >= 11 is 0. The van der Waals surface area contributed by atoms with Crippen LogP contribution in [0.2, 0.25) is 0 Å². The molecule has 1 atom stereocenters. The van der Waals surface area contributed by atoms with Gasteiger partial charge in [-0.1, -0.05) is 36.8 Å².